The van der Waals surface area contributed by atoms with Gasteiger partial charge in [0.25, 0.3) is 0 Å². The predicted octanol–water partition coefficient (Wildman–Crippen LogP) is 8.00. The van der Waals surface area contributed by atoms with Crippen molar-refractivity contribution < 1.29 is 9.59 Å². The van der Waals surface area contributed by atoms with E-state index in [9.17, 15) is 9.59 Å². The number of hydrogen-bond acceptors (Lipinski definition) is 2. The van der Waals surface area contributed by atoms with Crippen molar-refractivity contribution in [1.29, 1.82) is 0 Å². The Morgan fingerprint density at radius 3 is 1.41 bits per heavy atom. The highest BCUT2D eigenvalue weighted by atomic mass is 16.2. The molecule has 0 N–H and O–H groups in total. The molecule has 2 rings (SSSR count). The maximum Gasteiger partial charge on any atom is 0.233 e. The van der Waals surface area contributed by atoms with E-state index >= 15 is 0 Å². The quantitative estimate of drug-likeness (QED) is 0.349. The highest BCUT2D eigenvalue weighted by Crippen LogP contribution is 2.52. The summed E-state index contributed by atoms with van der Waals surface area (Å²) >= 11 is 0. The second kappa shape index (κ2) is 8.28. The normalized spacial score (nSPS) is 17.4. The lowest BCUT2D eigenvalue weighted by molar-refractivity contribution is -0.133. The Labute approximate surface area is 195 Å². The maximum atomic E-state index is 13.9. The molecule has 1 aliphatic carbocycles. The van der Waals surface area contributed by atoms with Crippen LogP contribution in [0.4, 0.5) is 0 Å². The van der Waals surface area contributed by atoms with Crippen LogP contribution in [0.5, 0.6) is 0 Å². The van der Waals surface area contributed by atoms with E-state index in [4.69, 9.17) is 0 Å². The molecule has 0 heterocycles. The van der Waals surface area contributed by atoms with E-state index in [1.165, 1.54) is 0 Å². The van der Waals surface area contributed by atoms with Gasteiger partial charge in [-0.3, -0.25) is 9.59 Å². The molecule has 0 atom stereocenters. The van der Waals surface area contributed by atoms with Crippen LogP contribution >= 0.6 is 0 Å². The Balaban J connectivity index is 3.16. The Kier molecular flexibility index (Phi) is 6.74. The van der Waals surface area contributed by atoms with Gasteiger partial charge in [0.1, 0.15) is 0 Å². The van der Waals surface area contributed by atoms with E-state index < -0.39 is 5.41 Å². The van der Waals surface area contributed by atoms with E-state index in [1.807, 2.05) is 51.1 Å². The van der Waals surface area contributed by atoms with Crippen molar-refractivity contribution >= 4 is 17.6 Å². The summed E-state index contributed by atoms with van der Waals surface area (Å²) in [7, 11) is 0. The third-order valence-electron chi connectivity index (χ3n) is 5.85. The fourth-order valence-corrected chi connectivity index (χ4v) is 4.56. The van der Waals surface area contributed by atoms with Crippen LogP contribution in [0, 0.1) is 21.7 Å². The molecular weight excluding hydrogens is 392 g/mol. The van der Waals surface area contributed by atoms with Gasteiger partial charge in [0.2, 0.25) is 11.6 Å². The molecule has 2 nitrogen and oxygen atoms in total. The van der Waals surface area contributed by atoms with E-state index in [2.05, 4.69) is 68.4 Å². The molecule has 0 bridgehead atoms. The van der Waals surface area contributed by atoms with Crippen LogP contribution in [-0.2, 0) is 9.59 Å². The SMILES string of the molecule is CC(C)(C)C(=Cc1ccccc1)C1=C(C(C)(C)C)C(C(C)(C)C)=C(C(C)(C)C)C(=O)C1=O. The summed E-state index contributed by atoms with van der Waals surface area (Å²) in [5, 5.41) is 0. The standard InChI is InChI=1S/C30H42O2/c1-27(2,3)20(18-19-16-14-13-15-17-19)21-22(28(4,5)6)23(29(7,8)9)24(30(10,11)12)26(32)25(21)31/h13-18H,1-12H3. The summed E-state index contributed by atoms with van der Waals surface area (Å²) in [6, 6.07) is 10.1. The molecule has 0 amide bonds. The lowest BCUT2D eigenvalue weighted by atomic mass is 9.59. The van der Waals surface area contributed by atoms with Crippen molar-refractivity contribution in [2.45, 2.75) is 83.1 Å². The minimum atomic E-state index is -0.428. The van der Waals surface area contributed by atoms with Gasteiger partial charge in [-0.1, -0.05) is 119 Å². The largest absolute Gasteiger partial charge is 0.285 e. The Bertz CT molecular complexity index is 1000. The molecular formula is C30H42O2. The van der Waals surface area contributed by atoms with E-state index in [0.29, 0.717) is 11.1 Å². The molecule has 1 aliphatic rings. The van der Waals surface area contributed by atoms with Crippen molar-refractivity contribution in [3.63, 3.8) is 0 Å². The van der Waals surface area contributed by atoms with Crippen LogP contribution in [0.2, 0.25) is 0 Å². The van der Waals surface area contributed by atoms with Gasteiger partial charge >= 0.3 is 0 Å². The third-order valence-corrected chi connectivity index (χ3v) is 5.85. The second-order valence-electron chi connectivity index (χ2n) is 13.1. The number of rotatable bonds is 2. The molecule has 0 fully saturated rings. The average Bonchev–Trinajstić information content (AvgIpc) is 2.58. The number of ketones is 2. The van der Waals surface area contributed by atoms with Gasteiger partial charge in [-0.2, -0.15) is 0 Å². The lowest BCUT2D eigenvalue weighted by Gasteiger charge is -2.43. The van der Waals surface area contributed by atoms with Crippen molar-refractivity contribution in [1.82, 2.24) is 0 Å². The number of carbonyl (C=O) groups excluding carboxylic acids is 2. The molecule has 2 heteroatoms. The zero-order chi connectivity index (χ0) is 24.9. The van der Waals surface area contributed by atoms with Crippen molar-refractivity contribution in [2.75, 3.05) is 0 Å². The molecule has 0 saturated heterocycles. The molecule has 0 aromatic heterocycles. The highest BCUT2D eigenvalue weighted by molar-refractivity contribution is 6.51. The van der Waals surface area contributed by atoms with Crippen LogP contribution in [-0.4, -0.2) is 11.6 Å². The minimum Gasteiger partial charge on any atom is -0.285 e. The van der Waals surface area contributed by atoms with Gasteiger partial charge in [-0.25, -0.2) is 0 Å². The summed E-state index contributed by atoms with van der Waals surface area (Å²) in [6.07, 6.45) is 2.09. The molecule has 0 aliphatic heterocycles. The molecule has 0 radical (unpaired) electrons. The first-order valence-electron chi connectivity index (χ1n) is 11.6. The molecule has 32 heavy (non-hydrogen) atoms. The first-order valence-corrected chi connectivity index (χ1v) is 11.6. The van der Waals surface area contributed by atoms with E-state index in [1.54, 1.807) is 0 Å². The monoisotopic (exact) mass is 434 g/mol. The molecule has 0 spiro atoms. The number of allylic oxidation sites excluding steroid dienone is 5. The lowest BCUT2D eigenvalue weighted by Crippen LogP contribution is -2.40. The molecule has 0 unspecified atom stereocenters. The average molecular weight is 435 g/mol. The van der Waals surface area contributed by atoms with Gasteiger partial charge in [-0.05, 0) is 43.9 Å². The zero-order valence-corrected chi connectivity index (χ0v) is 22.3. The molecule has 174 valence electrons. The Hall–Kier alpha value is -2.22. The third kappa shape index (κ3) is 5.22. The van der Waals surface area contributed by atoms with Crippen molar-refractivity contribution in [3.8, 4) is 0 Å². The van der Waals surface area contributed by atoms with Crippen LogP contribution in [0.15, 0.2) is 58.2 Å². The van der Waals surface area contributed by atoms with Crippen LogP contribution in [0.1, 0.15) is 88.6 Å². The Morgan fingerprint density at radius 1 is 0.594 bits per heavy atom. The van der Waals surface area contributed by atoms with Crippen molar-refractivity contribution in [3.05, 3.63) is 63.8 Å². The van der Waals surface area contributed by atoms with Crippen molar-refractivity contribution in [2.24, 2.45) is 21.7 Å². The fourth-order valence-electron chi connectivity index (χ4n) is 4.56. The summed E-state index contributed by atoms with van der Waals surface area (Å²) in [6.45, 7) is 25.4. The molecule has 0 saturated carbocycles. The second-order valence-corrected chi connectivity index (χ2v) is 13.1. The summed E-state index contributed by atoms with van der Waals surface area (Å²) in [4.78, 5) is 27.6. The van der Waals surface area contributed by atoms with Crippen LogP contribution in [0.3, 0.4) is 0 Å². The summed E-state index contributed by atoms with van der Waals surface area (Å²) < 4.78 is 0. The van der Waals surface area contributed by atoms with E-state index in [-0.39, 0.29) is 27.8 Å². The topological polar surface area (TPSA) is 34.1 Å². The summed E-state index contributed by atoms with van der Waals surface area (Å²) in [5.41, 5.74) is 3.89. The number of carbonyl (C=O) groups is 2. The highest BCUT2D eigenvalue weighted by Gasteiger charge is 2.47. The Morgan fingerprint density at radius 2 is 1.03 bits per heavy atom. The van der Waals surface area contributed by atoms with Gasteiger partial charge in [0.05, 0.1) is 0 Å². The first-order chi connectivity index (χ1) is 14.3. The van der Waals surface area contributed by atoms with Gasteiger partial charge in [0.15, 0.2) is 0 Å². The van der Waals surface area contributed by atoms with Crippen LogP contribution in [0.25, 0.3) is 6.08 Å². The molecule has 1 aromatic rings. The number of Topliss-reactive ketones (excluding diaryl/α,β-unsaturated/α-hetero) is 2. The van der Waals surface area contributed by atoms with E-state index in [0.717, 1.165) is 22.3 Å². The summed E-state index contributed by atoms with van der Waals surface area (Å²) in [5.74, 6) is -0.724. The first kappa shape index (κ1) is 26.0. The van der Waals surface area contributed by atoms with Crippen LogP contribution < -0.4 is 0 Å². The fraction of sp³-hybridized carbons (Fsp3) is 0.533. The smallest absolute Gasteiger partial charge is 0.233 e. The molecule has 1 aromatic carbocycles. The maximum absolute atomic E-state index is 13.9. The minimum absolute atomic E-state index is 0.289. The number of hydrogen-bond donors (Lipinski definition) is 0. The van der Waals surface area contributed by atoms with Gasteiger partial charge in [-0.15, -0.1) is 0 Å². The predicted molar refractivity (Wildman–Crippen MR) is 136 cm³/mol. The van der Waals surface area contributed by atoms with Gasteiger partial charge in [0, 0.05) is 11.1 Å². The zero-order valence-electron chi connectivity index (χ0n) is 22.3. The number of benzene rings is 1. The van der Waals surface area contributed by atoms with Gasteiger partial charge < -0.3 is 0 Å².